The van der Waals surface area contributed by atoms with Crippen LogP contribution in [0.1, 0.15) is 40.9 Å². The van der Waals surface area contributed by atoms with Gasteiger partial charge in [0.05, 0.1) is 17.1 Å². The van der Waals surface area contributed by atoms with Gasteiger partial charge in [0.25, 0.3) is 5.91 Å². The van der Waals surface area contributed by atoms with Gasteiger partial charge in [-0.2, -0.15) is 5.26 Å². The summed E-state index contributed by atoms with van der Waals surface area (Å²) >= 11 is 0. The van der Waals surface area contributed by atoms with Crippen LogP contribution in [0.15, 0.2) is 60.8 Å². The summed E-state index contributed by atoms with van der Waals surface area (Å²) in [5, 5.41) is 13.4. The number of rotatable bonds is 4. The first-order chi connectivity index (χ1) is 11.7. The summed E-state index contributed by atoms with van der Waals surface area (Å²) in [6.45, 7) is 1.99. The fraction of sp³-hybridized carbons (Fsp3) is 0.150. The minimum atomic E-state index is -0.250. The van der Waals surface area contributed by atoms with Crippen molar-refractivity contribution in [3.63, 3.8) is 0 Å². The smallest absolute Gasteiger partial charge is 0.251 e. The standard InChI is InChI=1S/C20H17N3O/c1-2-17(23-20(24)14-8-4-3-5-9-14)19-15(12-21)13-22-18-11-7-6-10-16(18)19/h3-11,13,17H,2H2,1H3,(H,23,24)/t17-/m1/s1. The highest BCUT2D eigenvalue weighted by atomic mass is 16.1. The molecular weight excluding hydrogens is 298 g/mol. The van der Waals surface area contributed by atoms with Crippen LogP contribution in [-0.2, 0) is 0 Å². The number of para-hydroxylation sites is 1. The Bertz CT molecular complexity index is 913. The molecule has 4 nitrogen and oxygen atoms in total. The van der Waals surface area contributed by atoms with Gasteiger partial charge in [-0.3, -0.25) is 9.78 Å². The highest BCUT2D eigenvalue weighted by Crippen LogP contribution is 2.28. The number of nitriles is 1. The van der Waals surface area contributed by atoms with E-state index in [-0.39, 0.29) is 11.9 Å². The van der Waals surface area contributed by atoms with Crippen LogP contribution in [0.25, 0.3) is 10.9 Å². The van der Waals surface area contributed by atoms with E-state index in [2.05, 4.69) is 16.4 Å². The molecule has 0 bridgehead atoms. The first-order valence-corrected chi connectivity index (χ1v) is 7.88. The number of fused-ring (bicyclic) bond motifs is 1. The Morgan fingerprint density at radius 3 is 2.58 bits per heavy atom. The number of carbonyl (C=O) groups excluding carboxylic acids is 1. The van der Waals surface area contributed by atoms with Gasteiger partial charge in [0, 0.05) is 22.7 Å². The summed E-state index contributed by atoms with van der Waals surface area (Å²) in [6.07, 6.45) is 2.26. The third-order valence-corrected chi connectivity index (χ3v) is 4.04. The van der Waals surface area contributed by atoms with Gasteiger partial charge in [-0.05, 0) is 24.6 Å². The van der Waals surface area contributed by atoms with E-state index in [0.29, 0.717) is 17.5 Å². The van der Waals surface area contributed by atoms with Crippen molar-refractivity contribution >= 4 is 16.8 Å². The number of carbonyl (C=O) groups is 1. The van der Waals surface area contributed by atoms with E-state index in [9.17, 15) is 10.1 Å². The lowest BCUT2D eigenvalue weighted by Gasteiger charge is -2.20. The van der Waals surface area contributed by atoms with E-state index in [1.54, 1.807) is 18.3 Å². The molecule has 0 spiro atoms. The van der Waals surface area contributed by atoms with Crippen LogP contribution in [0.3, 0.4) is 0 Å². The van der Waals surface area contributed by atoms with Crippen molar-refractivity contribution in [1.82, 2.24) is 10.3 Å². The first-order valence-electron chi connectivity index (χ1n) is 7.88. The molecule has 0 unspecified atom stereocenters. The summed E-state index contributed by atoms with van der Waals surface area (Å²) in [6, 6.07) is 18.7. The van der Waals surface area contributed by atoms with Crippen LogP contribution in [-0.4, -0.2) is 10.9 Å². The van der Waals surface area contributed by atoms with Crippen molar-refractivity contribution in [2.45, 2.75) is 19.4 Å². The van der Waals surface area contributed by atoms with Crippen molar-refractivity contribution in [3.8, 4) is 6.07 Å². The number of hydrogen-bond donors (Lipinski definition) is 1. The van der Waals surface area contributed by atoms with E-state index < -0.39 is 0 Å². The summed E-state index contributed by atoms with van der Waals surface area (Å²) in [7, 11) is 0. The van der Waals surface area contributed by atoms with Crippen LogP contribution in [0.4, 0.5) is 0 Å². The summed E-state index contributed by atoms with van der Waals surface area (Å²) < 4.78 is 0. The minimum Gasteiger partial charge on any atom is -0.345 e. The van der Waals surface area contributed by atoms with Gasteiger partial charge in [0.15, 0.2) is 0 Å². The van der Waals surface area contributed by atoms with Gasteiger partial charge < -0.3 is 5.32 Å². The minimum absolute atomic E-state index is 0.146. The molecule has 0 fully saturated rings. The van der Waals surface area contributed by atoms with Crippen molar-refractivity contribution in [2.24, 2.45) is 0 Å². The highest BCUT2D eigenvalue weighted by Gasteiger charge is 2.20. The molecule has 0 aliphatic carbocycles. The molecule has 1 aromatic heterocycles. The maximum Gasteiger partial charge on any atom is 0.251 e. The highest BCUT2D eigenvalue weighted by molar-refractivity contribution is 5.95. The Morgan fingerprint density at radius 2 is 1.88 bits per heavy atom. The van der Waals surface area contributed by atoms with Crippen LogP contribution in [0, 0.1) is 11.3 Å². The molecule has 0 radical (unpaired) electrons. The molecule has 1 atom stereocenters. The van der Waals surface area contributed by atoms with Gasteiger partial charge in [0.2, 0.25) is 0 Å². The normalized spacial score (nSPS) is 11.7. The predicted molar refractivity (Wildman–Crippen MR) is 93.4 cm³/mol. The second-order valence-corrected chi connectivity index (χ2v) is 5.51. The van der Waals surface area contributed by atoms with E-state index >= 15 is 0 Å². The quantitative estimate of drug-likeness (QED) is 0.791. The van der Waals surface area contributed by atoms with Gasteiger partial charge in [-0.15, -0.1) is 0 Å². The molecule has 0 aliphatic heterocycles. The zero-order chi connectivity index (χ0) is 16.9. The van der Waals surface area contributed by atoms with Crippen molar-refractivity contribution < 1.29 is 4.79 Å². The molecule has 1 heterocycles. The monoisotopic (exact) mass is 315 g/mol. The number of pyridine rings is 1. The van der Waals surface area contributed by atoms with Crippen molar-refractivity contribution in [1.29, 1.82) is 5.26 Å². The molecule has 3 aromatic rings. The fourth-order valence-electron chi connectivity index (χ4n) is 2.84. The fourth-order valence-corrected chi connectivity index (χ4v) is 2.84. The van der Waals surface area contributed by atoms with Crippen LogP contribution < -0.4 is 5.32 Å². The summed E-state index contributed by atoms with van der Waals surface area (Å²) in [4.78, 5) is 16.8. The Morgan fingerprint density at radius 1 is 1.17 bits per heavy atom. The van der Waals surface area contributed by atoms with Crippen LogP contribution in [0.2, 0.25) is 0 Å². The van der Waals surface area contributed by atoms with Crippen LogP contribution >= 0.6 is 0 Å². The Balaban J connectivity index is 2.04. The Kier molecular flexibility index (Phi) is 4.53. The van der Waals surface area contributed by atoms with Gasteiger partial charge in [-0.25, -0.2) is 0 Å². The average molecular weight is 315 g/mol. The maximum atomic E-state index is 12.5. The third kappa shape index (κ3) is 2.97. The third-order valence-electron chi connectivity index (χ3n) is 4.04. The van der Waals surface area contributed by atoms with E-state index in [0.717, 1.165) is 16.5 Å². The lowest BCUT2D eigenvalue weighted by molar-refractivity contribution is 0.0936. The Hall–Kier alpha value is -3.19. The average Bonchev–Trinajstić information content (AvgIpc) is 2.65. The first kappa shape index (κ1) is 15.7. The molecule has 0 saturated heterocycles. The van der Waals surface area contributed by atoms with E-state index in [1.807, 2.05) is 49.4 Å². The number of aromatic nitrogens is 1. The van der Waals surface area contributed by atoms with Crippen molar-refractivity contribution in [2.75, 3.05) is 0 Å². The molecule has 1 amide bonds. The number of nitrogens with one attached hydrogen (secondary N) is 1. The number of benzene rings is 2. The molecular formula is C20H17N3O. The zero-order valence-electron chi connectivity index (χ0n) is 13.4. The molecule has 4 heteroatoms. The van der Waals surface area contributed by atoms with Gasteiger partial charge in [-0.1, -0.05) is 43.3 Å². The van der Waals surface area contributed by atoms with Crippen molar-refractivity contribution in [3.05, 3.63) is 77.5 Å². The number of nitrogens with zero attached hydrogens (tertiary/aromatic N) is 2. The lowest BCUT2D eigenvalue weighted by atomic mass is 9.95. The molecule has 118 valence electrons. The summed E-state index contributed by atoms with van der Waals surface area (Å²) in [5.41, 5.74) is 2.75. The number of amides is 1. The second-order valence-electron chi connectivity index (χ2n) is 5.51. The molecule has 1 N–H and O–H groups in total. The molecule has 0 saturated carbocycles. The molecule has 3 rings (SSSR count). The molecule has 24 heavy (non-hydrogen) atoms. The SMILES string of the molecule is CC[C@@H](NC(=O)c1ccccc1)c1c(C#N)cnc2ccccc12. The van der Waals surface area contributed by atoms with E-state index in [1.165, 1.54) is 0 Å². The maximum absolute atomic E-state index is 12.5. The van der Waals surface area contributed by atoms with E-state index in [4.69, 9.17) is 0 Å². The molecule has 0 aliphatic rings. The topological polar surface area (TPSA) is 65.8 Å². The van der Waals surface area contributed by atoms with Crippen LogP contribution in [0.5, 0.6) is 0 Å². The van der Waals surface area contributed by atoms with Gasteiger partial charge >= 0.3 is 0 Å². The largest absolute Gasteiger partial charge is 0.345 e. The molecule has 2 aromatic carbocycles. The Labute approximate surface area is 140 Å². The predicted octanol–water partition coefficient (Wildman–Crippen LogP) is 3.99. The second kappa shape index (κ2) is 6.93. The summed E-state index contributed by atoms with van der Waals surface area (Å²) in [5.74, 6) is -0.146. The lowest BCUT2D eigenvalue weighted by Crippen LogP contribution is -2.29. The van der Waals surface area contributed by atoms with Gasteiger partial charge in [0.1, 0.15) is 6.07 Å². The number of hydrogen-bond acceptors (Lipinski definition) is 3. The zero-order valence-corrected chi connectivity index (χ0v) is 13.4.